The molecule has 74 valence electrons. The molecule has 0 saturated carbocycles. The van der Waals surface area contributed by atoms with Gasteiger partial charge in [-0.15, -0.1) is 0 Å². The van der Waals surface area contributed by atoms with E-state index in [4.69, 9.17) is 5.11 Å². The Morgan fingerprint density at radius 1 is 1.57 bits per heavy atom. The predicted octanol–water partition coefficient (Wildman–Crippen LogP) is -0.333. The van der Waals surface area contributed by atoms with Crippen LogP contribution in [0.15, 0.2) is 24.4 Å². The van der Waals surface area contributed by atoms with Gasteiger partial charge in [-0.1, -0.05) is 0 Å². The second-order valence-electron chi connectivity index (χ2n) is 2.47. The SMILES string of the molecule is O=C(O)C=CC(=O)NCc1ccn[nH]1. The Labute approximate surface area is 79.6 Å². The van der Waals surface area contributed by atoms with Gasteiger partial charge in [-0.25, -0.2) is 4.79 Å². The van der Waals surface area contributed by atoms with E-state index in [1.54, 1.807) is 12.3 Å². The standard InChI is InChI=1S/C8H9N3O3/c12-7(1-2-8(13)14)9-5-6-3-4-10-11-6/h1-4H,5H2,(H,9,12)(H,10,11)(H,13,14). The lowest BCUT2D eigenvalue weighted by Gasteiger charge is -1.97. The lowest BCUT2D eigenvalue weighted by Crippen LogP contribution is -2.20. The summed E-state index contributed by atoms with van der Waals surface area (Å²) in [5.74, 6) is -1.61. The summed E-state index contributed by atoms with van der Waals surface area (Å²) >= 11 is 0. The molecule has 1 aromatic heterocycles. The molecule has 0 aliphatic rings. The molecular formula is C8H9N3O3. The first-order valence-electron chi connectivity index (χ1n) is 3.85. The number of aromatic amines is 1. The van der Waals surface area contributed by atoms with Gasteiger partial charge in [-0.05, 0) is 6.07 Å². The first-order valence-corrected chi connectivity index (χ1v) is 3.85. The van der Waals surface area contributed by atoms with Gasteiger partial charge in [-0.2, -0.15) is 5.10 Å². The Bertz CT molecular complexity index is 343. The van der Waals surface area contributed by atoms with Gasteiger partial charge in [0.2, 0.25) is 5.91 Å². The van der Waals surface area contributed by atoms with Crippen LogP contribution < -0.4 is 5.32 Å². The minimum Gasteiger partial charge on any atom is -0.478 e. The summed E-state index contributed by atoms with van der Waals surface area (Å²) in [5, 5.41) is 17.0. The fourth-order valence-electron chi connectivity index (χ4n) is 0.771. The van der Waals surface area contributed by atoms with E-state index in [9.17, 15) is 9.59 Å². The molecule has 1 heterocycles. The van der Waals surface area contributed by atoms with Crippen molar-refractivity contribution in [1.29, 1.82) is 0 Å². The Kier molecular flexibility index (Phi) is 3.42. The second kappa shape index (κ2) is 4.80. The number of aromatic nitrogens is 2. The van der Waals surface area contributed by atoms with Crippen LogP contribution in [0.2, 0.25) is 0 Å². The van der Waals surface area contributed by atoms with Gasteiger partial charge in [0.1, 0.15) is 0 Å². The molecule has 0 unspecified atom stereocenters. The summed E-state index contributed by atoms with van der Waals surface area (Å²) in [7, 11) is 0. The number of H-pyrrole nitrogens is 1. The lowest BCUT2D eigenvalue weighted by molar-refractivity contribution is -0.131. The average Bonchev–Trinajstić information content (AvgIpc) is 2.63. The third kappa shape index (κ3) is 3.53. The van der Waals surface area contributed by atoms with E-state index in [-0.39, 0.29) is 0 Å². The van der Waals surface area contributed by atoms with Crippen molar-refractivity contribution in [1.82, 2.24) is 15.5 Å². The minimum atomic E-state index is -1.15. The van der Waals surface area contributed by atoms with Gasteiger partial charge < -0.3 is 10.4 Å². The van der Waals surface area contributed by atoms with E-state index in [1.807, 2.05) is 0 Å². The number of nitrogens with zero attached hydrogens (tertiary/aromatic N) is 1. The predicted molar refractivity (Wildman–Crippen MR) is 47.2 cm³/mol. The van der Waals surface area contributed by atoms with Crippen molar-refractivity contribution < 1.29 is 14.7 Å². The van der Waals surface area contributed by atoms with Crippen LogP contribution in [0, 0.1) is 0 Å². The van der Waals surface area contributed by atoms with E-state index >= 15 is 0 Å². The van der Waals surface area contributed by atoms with Crippen LogP contribution in [0.3, 0.4) is 0 Å². The fraction of sp³-hybridized carbons (Fsp3) is 0.125. The Hall–Kier alpha value is -2.11. The van der Waals surface area contributed by atoms with Crippen molar-refractivity contribution in [3.63, 3.8) is 0 Å². The maximum atomic E-state index is 10.9. The highest BCUT2D eigenvalue weighted by atomic mass is 16.4. The molecule has 0 radical (unpaired) electrons. The highest BCUT2D eigenvalue weighted by Crippen LogP contribution is 1.89. The number of carboxylic acid groups (broad SMARTS) is 1. The second-order valence-corrected chi connectivity index (χ2v) is 2.47. The third-order valence-electron chi connectivity index (χ3n) is 1.39. The maximum absolute atomic E-state index is 10.9. The molecule has 6 nitrogen and oxygen atoms in total. The summed E-state index contributed by atoms with van der Waals surface area (Å²) in [6, 6.07) is 1.71. The third-order valence-corrected chi connectivity index (χ3v) is 1.39. The van der Waals surface area contributed by atoms with Gasteiger partial charge in [0.25, 0.3) is 0 Å². The number of rotatable bonds is 4. The van der Waals surface area contributed by atoms with E-state index in [1.165, 1.54) is 0 Å². The first kappa shape index (κ1) is 9.97. The van der Waals surface area contributed by atoms with E-state index < -0.39 is 11.9 Å². The largest absolute Gasteiger partial charge is 0.478 e. The highest BCUT2D eigenvalue weighted by molar-refractivity contribution is 5.93. The number of nitrogens with one attached hydrogen (secondary N) is 2. The number of carbonyl (C=O) groups is 2. The molecule has 1 amide bonds. The number of amides is 1. The monoisotopic (exact) mass is 195 g/mol. The molecule has 3 N–H and O–H groups in total. The molecule has 0 aliphatic heterocycles. The van der Waals surface area contributed by atoms with Crippen molar-refractivity contribution in [2.45, 2.75) is 6.54 Å². The van der Waals surface area contributed by atoms with Crippen molar-refractivity contribution in [2.24, 2.45) is 0 Å². The van der Waals surface area contributed by atoms with Crippen LogP contribution in [0.1, 0.15) is 5.69 Å². The van der Waals surface area contributed by atoms with Crippen LogP contribution in [0.5, 0.6) is 0 Å². The van der Waals surface area contributed by atoms with Crippen LogP contribution in [0.25, 0.3) is 0 Å². The van der Waals surface area contributed by atoms with Crippen LogP contribution >= 0.6 is 0 Å². The van der Waals surface area contributed by atoms with Crippen LogP contribution in [0.4, 0.5) is 0 Å². The Balaban J connectivity index is 2.32. The van der Waals surface area contributed by atoms with Gasteiger partial charge >= 0.3 is 5.97 Å². The average molecular weight is 195 g/mol. The minimum absolute atomic E-state index is 0.294. The quantitative estimate of drug-likeness (QED) is 0.573. The molecule has 0 aliphatic carbocycles. The summed E-state index contributed by atoms with van der Waals surface area (Å²) in [6.45, 7) is 0.294. The number of aliphatic carboxylic acids is 1. The van der Waals surface area contributed by atoms with Crippen LogP contribution in [-0.4, -0.2) is 27.2 Å². The number of hydrogen-bond acceptors (Lipinski definition) is 3. The highest BCUT2D eigenvalue weighted by Gasteiger charge is 1.97. The lowest BCUT2D eigenvalue weighted by atomic mass is 10.4. The van der Waals surface area contributed by atoms with Crippen molar-refractivity contribution in [3.05, 3.63) is 30.1 Å². The zero-order chi connectivity index (χ0) is 10.4. The summed E-state index contributed by atoms with van der Waals surface area (Å²) in [6.07, 6.45) is 3.30. The molecule has 0 saturated heterocycles. The zero-order valence-electron chi connectivity index (χ0n) is 7.23. The molecule has 14 heavy (non-hydrogen) atoms. The zero-order valence-corrected chi connectivity index (χ0v) is 7.23. The Morgan fingerprint density at radius 2 is 2.36 bits per heavy atom. The smallest absolute Gasteiger partial charge is 0.328 e. The van der Waals surface area contributed by atoms with E-state index in [2.05, 4.69) is 15.5 Å². The van der Waals surface area contributed by atoms with Gasteiger partial charge in [-0.3, -0.25) is 9.89 Å². The molecule has 0 spiro atoms. The van der Waals surface area contributed by atoms with E-state index in [0.29, 0.717) is 6.54 Å². The number of carboxylic acids is 1. The molecule has 1 aromatic rings. The van der Waals surface area contributed by atoms with E-state index in [0.717, 1.165) is 17.8 Å². The molecular weight excluding hydrogens is 186 g/mol. The summed E-state index contributed by atoms with van der Waals surface area (Å²) in [5.41, 5.74) is 0.752. The summed E-state index contributed by atoms with van der Waals surface area (Å²) in [4.78, 5) is 21.0. The topological polar surface area (TPSA) is 95.1 Å². The van der Waals surface area contributed by atoms with Crippen molar-refractivity contribution in [3.8, 4) is 0 Å². The van der Waals surface area contributed by atoms with Crippen molar-refractivity contribution in [2.75, 3.05) is 0 Å². The Morgan fingerprint density at radius 3 is 2.93 bits per heavy atom. The maximum Gasteiger partial charge on any atom is 0.328 e. The molecule has 1 rings (SSSR count). The van der Waals surface area contributed by atoms with Crippen molar-refractivity contribution >= 4 is 11.9 Å². The van der Waals surface area contributed by atoms with Gasteiger partial charge in [0, 0.05) is 18.3 Å². The number of carbonyl (C=O) groups excluding carboxylic acids is 1. The normalized spacial score (nSPS) is 10.3. The van der Waals surface area contributed by atoms with Gasteiger partial charge in [0.15, 0.2) is 0 Å². The molecule has 6 heteroatoms. The summed E-state index contributed by atoms with van der Waals surface area (Å²) < 4.78 is 0. The molecule has 0 aromatic carbocycles. The number of hydrogen-bond donors (Lipinski definition) is 3. The molecule has 0 fully saturated rings. The van der Waals surface area contributed by atoms with Gasteiger partial charge in [0.05, 0.1) is 12.2 Å². The van der Waals surface area contributed by atoms with Crippen LogP contribution in [-0.2, 0) is 16.1 Å². The molecule has 0 atom stereocenters. The first-order chi connectivity index (χ1) is 6.68. The fourth-order valence-corrected chi connectivity index (χ4v) is 0.771. The molecule has 0 bridgehead atoms.